The summed E-state index contributed by atoms with van der Waals surface area (Å²) >= 11 is 0. The lowest BCUT2D eigenvalue weighted by atomic mass is 9.97. The minimum absolute atomic E-state index is 0.670. The highest BCUT2D eigenvalue weighted by Gasteiger charge is 2.13. The second-order valence-electron chi connectivity index (χ2n) is 6.17. The molecule has 0 saturated carbocycles. The van der Waals surface area contributed by atoms with E-state index in [0.717, 1.165) is 22.5 Å². The van der Waals surface area contributed by atoms with Crippen LogP contribution in [-0.2, 0) is 0 Å². The number of hydrogen-bond acceptors (Lipinski definition) is 2. The Morgan fingerprint density at radius 3 is 2.79 bits per heavy atom. The van der Waals surface area contributed by atoms with E-state index in [1.807, 2.05) is 25.3 Å². The SMILES string of the molecule is CCOc1cccc(-c2ccc(C)c3[nH]c4ncc(C)cc4c23)c1. The molecule has 0 saturated heterocycles. The standard InChI is InChI=1S/C21H20N2O/c1-4-24-16-7-5-6-15(11-16)17-9-8-14(3)20-19(17)18-10-13(2)12-22-21(18)23-20/h5-12H,4H2,1-3H3,(H,22,23). The number of nitrogens with zero attached hydrogens (tertiary/aromatic N) is 1. The number of nitrogens with one attached hydrogen (secondary N) is 1. The van der Waals surface area contributed by atoms with Gasteiger partial charge in [-0.2, -0.15) is 0 Å². The first-order valence-electron chi connectivity index (χ1n) is 8.28. The van der Waals surface area contributed by atoms with Gasteiger partial charge in [0.15, 0.2) is 0 Å². The van der Waals surface area contributed by atoms with Gasteiger partial charge >= 0.3 is 0 Å². The zero-order valence-electron chi connectivity index (χ0n) is 14.2. The van der Waals surface area contributed by atoms with Crippen LogP contribution in [0.15, 0.2) is 48.7 Å². The quantitative estimate of drug-likeness (QED) is 0.549. The second-order valence-corrected chi connectivity index (χ2v) is 6.17. The monoisotopic (exact) mass is 316 g/mol. The molecule has 0 amide bonds. The van der Waals surface area contributed by atoms with Crippen LogP contribution >= 0.6 is 0 Å². The Morgan fingerprint density at radius 2 is 1.96 bits per heavy atom. The maximum Gasteiger partial charge on any atom is 0.138 e. The number of aryl methyl sites for hydroxylation is 2. The van der Waals surface area contributed by atoms with Gasteiger partial charge in [0.25, 0.3) is 0 Å². The number of aromatic nitrogens is 2. The molecule has 3 nitrogen and oxygen atoms in total. The van der Waals surface area contributed by atoms with Crippen LogP contribution in [0.25, 0.3) is 33.1 Å². The van der Waals surface area contributed by atoms with E-state index in [0.29, 0.717) is 6.61 Å². The second kappa shape index (κ2) is 5.68. The largest absolute Gasteiger partial charge is 0.494 e. The van der Waals surface area contributed by atoms with E-state index in [1.165, 1.54) is 27.5 Å². The fourth-order valence-electron chi connectivity index (χ4n) is 3.29. The molecule has 120 valence electrons. The molecule has 0 atom stereocenters. The molecule has 0 bridgehead atoms. The molecule has 24 heavy (non-hydrogen) atoms. The van der Waals surface area contributed by atoms with Gasteiger partial charge in [-0.3, -0.25) is 0 Å². The number of aromatic amines is 1. The molecule has 2 aromatic carbocycles. The summed E-state index contributed by atoms with van der Waals surface area (Å²) in [5, 5.41) is 2.40. The van der Waals surface area contributed by atoms with Crippen LogP contribution in [0.3, 0.4) is 0 Å². The van der Waals surface area contributed by atoms with Crippen LogP contribution in [0.4, 0.5) is 0 Å². The van der Waals surface area contributed by atoms with Gasteiger partial charge in [-0.15, -0.1) is 0 Å². The van der Waals surface area contributed by atoms with Gasteiger partial charge in [0.2, 0.25) is 0 Å². The van der Waals surface area contributed by atoms with Crippen molar-refractivity contribution in [2.75, 3.05) is 6.61 Å². The smallest absolute Gasteiger partial charge is 0.138 e. The van der Waals surface area contributed by atoms with Crippen LogP contribution < -0.4 is 4.74 Å². The third-order valence-electron chi connectivity index (χ3n) is 4.41. The molecule has 1 N–H and O–H groups in total. The summed E-state index contributed by atoms with van der Waals surface area (Å²) in [6, 6.07) is 14.8. The Balaban J connectivity index is 2.05. The van der Waals surface area contributed by atoms with E-state index in [9.17, 15) is 0 Å². The van der Waals surface area contributed by atoms with Crippen molar-refractivity contribution in [3.8, 4) is 16.9 Å². The molecule has 4 aromatic rings. The molecule has 0 spiro atoms. The molecule has 0 radical (unpaired) electrons. The van der Waals surface area contributed by atoms with E-state index in [-0.39, 0.29) is 0 Å². The molecule has 0 aliphatic carbocycles. The molecule has 2 heterocycles. The summed E-state index contributed by atoms with van der Waals surface area (Å²) in [4.78, 5) is 8.04. The molecule has 0 aliphatic heterocycles. The molecular weight excluding hydrogens is 296 g/mol. The predicted octanol–water partition coefficient (Wildman–Crippen LogP) is 5.40. The molecule has 0 fully saturated rings. The van der Waals surface area contributed by atoms with Gasteiger partial charge in [0.05, 0.1) is 12.1 Å². The van der Waals surface area contributed by atoms with Crippen molar-refractivity contribution >= 4 is 21.9 Å². The van der Waals surface area contributed by atoms with Crippen LogP contribution in [0.5, 0.6) is 5.75 Å². The summed E-state index contributed by atoms with van der Waals surface area (Å²) in [6.07, 6.45) is 1.91. The van der Waals surface area contributed by atoms with Gasteiger partial charge in [-0.25, -0.2) is 4.98 Å². The highest BCUT2D eigenvalue weighted by atomic mass is 16.5. The van der Waals surface area contributed by atoms with Crippen molar-refractivity contribution in [1.82, 2.24) is 9.97 Å². The molecular formula is C21H20N2O. The summed E-state index contributed by atoms with van der Waals surface area (Å²) in [5.41, 5.74) is 6.85. The average Bonchev–Trinajstić information content (AvgIpc) is 2.96. The molecule has 4 rings (SSSR count). The highest BCUT2D eigenvalue weighted by molar-refractivity contribution is 6.14. The number of fused-ring (bicyclic) bond motifs is 3. The van der Waals surface area contributed by atoms with Gasteiger partial charge in [0.1, 0.15) is 11.4 Å². The number of hydrogen-bond donors (Lipinski definition) is 1. The molecule has 0 aliphatic rings. The van der Waals surface area contributed by atoms with Crippen molar-refractivity contribution in [3.63, 3.8) is 0 Å². The van der Waals surface area contributed by atoms with Gasteiger partial charge in [0, 0.05) is 17.0 Å². The van der Waals surface area contributed by atoms with Crippen molar-refractivity contribution in [2.45, 2.75) is 20.8 Å². The summed E-state index contributed by atoms with van der Waals surface area (Å²) in [7, 11) is 0. The number of ether oxygens (including phenoxy) is 1. The maximum absolute atomic E-state index is 5.67. The maximum atomic E-state index is 5.67. The Hall–Kier alpha value is -2.81. The number of benzene rings is 2. The number of pyridine rings is 1. The third-order valence-corrected chi connectivity index (χ3v) is 4.41. The van der Waals surface area contributed by atoms with E-state index < -0.39 is 0 Å². The van der Waals surface area contributed by atoms with Gasteiger partial charge in [-0.1, -0.05) is 24.3 Å². The Labute approximate surface area is 141 Å². The number of H-pyrrole nitrogens is 1. The fraction of sp³-hybridized carbons (Fsp3) is 0.190. The van der Waals surface area contributed by atoms with Crippen molar-refractivity contribution in [3.05, 3.63) is 59.8 Å². The fourth-order valence-corrected chi connectivity index (χ4v) is 3.29. The topological polar surface area (TPSA) is 37.9 Å². The van der Waals surface area contributed by atoms with Crippen LogP contribution in [-0.4, -0.2) is 16.6 Å². The Morgan fingerprint density at radius 1 is 1.08 bits per heavy atom. The lowest BCUT2D eigenvalue weighted by molar-refractivity contribution is 0.340. The van der Waals surface area contributed by atoms with Crippen LogP contribution in [0.1, 0.15) is 18.1 Å². The van der Waals surface area contributed by atoms with Gasteiger partial charge in [-0.05, 0) is 61.2 Å². The first kappa shape index (κ1) is 14.8. The Bertz CT molecular complexity index is 1050. The summed E-state index contributed by atoms with van der Waals surface area (Å²) in [6.45, 7) is 6.88. The van der Waals surface area contributed by atoms with Gasteiger partial charge < -0.3 is 9.72 Å². The zero-order valence-corrected chi connectivity index (χ0v) is 14.2. The third kappa shape index (κ3) is 2.33. The zero-order chi connectivity index (χ0) is 16.7. The average molecular weight is 316 g/mol. The lowest BCUT2D eigenvalue weighted by Gasteiger charge is -2.09. The first-order valence-corrected chi connectivity index (χ1v) is 8.28. The van der Waals surface area contributed by atoms with E-state index in [2.05, 4.69) is 54.1 Å². The lowest BCUT2D eigenvalue weighted by Crippen LogP contribution is -1.91. The van der Waals surface area contributed by atoms with Crippen molar-refractivity contribution < 1.29 is 4.74 Å². The summed E-state index contributed by atoms with van der Waals surface area (Å²) < 4.78 is 5.67. The minimum atomic E-state index is 0.670. The van der Waals surface area contributed by atoms with E-state index >= 15 is 0 Å². The Kier molecular flexibility index (Phi) is 3.49. The predicted molar refractivity (Wildman–Crippen MR) is 99.7 cm³/mol. The molecule has 0 unspecified atom stereocenters. The normalized spacial score (nSPS) is 11.3. The highest BCUT2D eigenvalue weighted by Crippen LogP contribution is 2.36. The minimum Gasteiger partial charge on any atom is -0.494 e. The summed E-state index contributed by atoms with van der Waals surface area (Å²) in [5.74, 6) is 0.901. The number of rotatable bonds is 3. The molecule has 3 heteroatoms. The van der Waals surface area contributed by atoms with E-state index in [1.54, 1.807) is 0 Å². The van der Waals surface area contributed by atoms with E-state index in [4.69, 9.17) is 4.74 Å². The molecule has 2 aromatic heterocycles. The van der Waals surface area contributed by atoms with Crippen molar-refractivity contribution in [2.24, 2.45) is 0 Å². The van der Waals surface area contributed by atoms with Crippen LogP contribution in [0, 0.1) is 13.8 Å². The van der Waals surface area contributed by atoms with Crippen molar-refractivity contribution in [1.29, 1.82) is 0 Å². The van der Waals surface area contributed by atoms with Crippen LogP contribution in [0.2, 0.25) is 0 Å². The first-order chi connectivity index (χ1) is 11.7.